The van der Waals surface area contributed by atoms with E-state index in [9.17, 15) is 5.11 Å². The van der Waals surface area contributed by atoms with Crippen LogP contribution in [0.15, 0.2) is 12.1 Å². The van der Waals surface area contributed by atoms with Gasteiger partial charge in [-0.1, -0.05) is 18.5 Å². The van der Waals surface area contributed by atoms with E-state index in [0.717, 1.165) is 15.6 Å². The molecule has 1 aromatic heterocycles. The molecule has 0 aliphatic heterocycles. The molecular weight excluding hydrogens is 232 g/mol. The lowest BCUT2D eigenvalue weighted by Gasteiger charge is -2.20. The number of thiophene rings is 1. The molecule has 86 valence electrons. The van der Waals surface area contributed by atoms with E-state index in [1.807, 2.05) is 26.0 Å². The van der Waals surface area contributed by atoms with Gasteiger partial charge in [0.1, 0.15) is 0 Å². The fourth-order valence-corrected chi connectivity index (χ4v) is 2.65. The van der Waals surface area contributed by atoms with E-state index in [4.69, 9.17) is 16.3 Å². The highest BCUT2D eigenvalue weighted by Crippen LogP contribution is 2.23. The van der Waals surface area contributed by atoms with Gasteiger partial charge in [-0.3, -0.25) is 0 Å². The minimum atomic E-state index is -0.440. The summed E-state index contributed by atoms with van der Waals surface area (Å²) < 4.78 is 6.22. The van der Waals surface area contributed by atoms with Crippen molar-refractivity contribution in [3.63, 3.8) is 0 Å². The topological polar surface area (TPSA) is 29.5 Å². The molecule has 1 heterocycles. The predicted molar refractivity (Wildman–Crippen MR) is 64.7 cm³/mol. The number of ether oxygens (including phenoxy) is 1. The zero-order valence-electron chi connectivity index (χ0n) is 9.07. The van der Waals surface area contributed by atoms with Gasteiger partial charge in [-0.15, -0.1) is 11.3 Å². The monoisotopic (exact) mass is 248 g/mol. The van der Waals surface area contributed by atoms with Gasteiger partial charge in [0.2, 0.25) is 0 Å². The molecule has 0 aliphatic rings. The van der Waals surface area contributed by atoms with Crippen LogP contribution in [0.2, 0.25) is 4.34 Å². The van der Waals surface area contributed by atoms with Crippen molar-refractivity contribution in [3.8, 4) is 0 Å². The largest absolute Gasteiger partial charge is 0.390 e. The summed E-state index contributed by atoms with van der Waals surface area (Å²) in [5.41, 5.74) is 0. The van der Waals surface area contributed by atoms with E-state index >= 15 is 0 Å². The molecule has 0 bridgehead atoms. The third kappa shape index (κ3) is 4.11. The van der Waals surface area contributed by atoms with Crippen molar-refractivity contribution >= 4 is 22.9 Å². The molecule has 0 saturated heterocycles. The van der Waals surface area contributed by atoms with Crippen molar-refractivity contribution in [3.05, 3.63) is 21.3 Å². The van der Waals surface area contributed by atoms with Gasteiger partial charge in [-0.2, -0.15) is 0 Å². The molecule has 0 fully saturated rings. The second-order valence-electron chi connectivity index (χ2n) is 3.38. The maximum Gasteiger partial charge on any atom is 0.0931 e. The summed E-state index contributed by atoms with van der Waals surface area (Å²) in [6.07, 6.45) is 0.935. The van der Waals surface area contributed by atoms with Gasteiger partial charge in [-0.05, 0) is 25.5 Å². The van der Waals surface area contributed by atoms with Gasteiger partial charge < -0.3 is 9.84 Å². The van der Waals surface area contributed by atoms with Crippen LogP contribution in [0, 0.1) is 0 Å². The lowest BCUT2D eigenvalue weighted by Crippen LogP contribution is -2.30. The molecule has 0 saturated carbocycles. The number of hydrogen-bond acceptors (Lipinski definition) is 3. The highest BCUT2D eigenvalue weighted by molar-refractivity contribution is 7.16. The van der Waals surface area contributed by atoms with Gasteiger partial charge in [-0.25, -0.2) is 0 Å². The SMILES string of the molecule is CCOC(CC)C(O)Cc1ccc(Cl)s1. The zero-order chi connectivity index (χ0) is 11.3. The summed E-state index contributed by atoms with van der Waals surface area (Å²) in [7, 11) is 0. The molecule has 15 heavy (non-hydrogen) atoms. The molecular formula is C11H17ClO2S. The van der Waals surface area contributed by atoms with Crippen LogP contribution in [-0.4, -0.2) is 23.9 Å². The summed E-state index contributed by atoms with van der Waals surface area (Å²) >= 11 is 7.34. The van der Waals surface area contributed by atoms with Crippen molar-refractivity contribution in [2.45, 2.75) is 38.9 Å². The van der Waals surface area contributed by atoms with Gasteiger partial charge in [0.15, 0.2) is 0 Å². The molecule has 1 N–H and O–H groups in total. The second-order valence-corrected chi connectivity index (χ2v) is 5.18. The fraction of sp³-hybridized carbons (Fsp3) is 0.636. The summed E-state index contributed by atoms with van der Waals surface area (Å²) in [6, 6.07) is 3.81. The molecule has 2 atom stereocenters. The Bertz CT molecular complexity index is 288. The van der Waals surface area contributed by atoms with Gasteiger partial charge in [0.05, 0.1) is 16.5 Å². The minimum absolute atomic E-state index is 0.0733. The lowest BCUT2D eigenvalue weighted by molar-refractivity contribution is -0.0331. The van der Waals surface area contributed by atoms with Crippen LogP contribution < -0.4 is 0 Å². The molecule has 0 aliphatic carbocycles. The molecule has 4 heteroatoms. The smallest absolute Gasteiger partial charge is 0.0931 e. The fourth-order valence-electron chi connectivity index (χ4n) is 1.51. The van der Waals surface area contributed by atoms with E-state index in [1.165, 1.54) is 11.3 Å². The summed E-state index contributed by atoms with van der Waals surface area (Å²) in [6.45, 7) is 4.60. The zero-order valence-corrected chi connectivity index (χ0v) is 10.6. The Labute approximate surface area is 99.8 Å². The first-order valence-electron chi connectivity index (χ1n) is 5.21. The van der Waals surface area contributed by atoms with Gasteiger partial charge in [0.25, 0.3) is 0 Å². The molecule has 1 rings (SSSR count). The quantitative estimate of drug-likeness (QED) is 0.838. The van der Waals surface area contributed by atoms with E-state index in [0.29, 0.717) is 13.0 Å². The Morgan fingerprint density at radius 2 is 2.20 bits per heavy atom. The molecule has 0 radical (unpaired) electrons. The Morgan fingerprint density at radius 3 is 2.67 bits per heavy atom. The van der Waals surface area contributed by atoms with E-state index in [2.05, 4.69) is 0 Å². The Morgan fingerprint density at radius 1 is 1.47 bits per heavy atom. The first-order chi connectivity index (χ1) is 7.17. The first-order valence-corrected chi connectivity index (χ1v) is 6.40. The predicted octanol–water partition coefficient (Wildman–Crippen LogP) is 3.12. The molecule has 2 unspecified atom stereocenters. The van der Waals surface area contributed by atoms with Crippen LogP contribution in [0.1, 0.15) is 25.1 Å². The Hall–Kier alpha value is -0.0900. The maximum atomic E-state index is 9.94. The third-order valence-corrected chi connectivity index (χ3v) is 3.50. The Balaban J connectivity index is 2.49. The number of rotatable bonds is 6. The van der Waals surface area contributed by atoms with Crippen LogP contribution >= 0.6 is 22.9 Å². The molecule has 0 aromatic carbocycles. The van der Waals surface area contributed by atoms with Crippen LogP contribution in [0.25, 0.3) is 0 Å². The van der Waals surface area contributed by atoms with E-state index in [-0.39, 0.29) is 6.10 Å². The number of halogens is 1. The average Bonchev–Trinajstić information content (AvgIpc) is 2.60. The van der Waals surface area contributed by atoms with Crippen molar-refractivity contribution in [2.24, 2.45) is 0 Å². The van der Waals surface area contributed by atoms with Crippen molar-refractivity contribution < 1.29 is 9.84 Å². The summed E-state index contributed by atoms with van der Waals surface area (Å²) in [4.78, 5) is 1.10. The maximum absolute atomic E-state index is 9.94. The van der Waals surface area contributed by atoms with Crippen molar-refractivity contribution in [2.75, 3.05) is 6.61 Å². The lowest BCUT2D eigenvalue weighted by atomic mass is 10.1. The molecule has 0 spiro atoms. The van der Waals surface area contributed by atoms with Crippen LogP contribution in [0.4, 0.5) is 0 Å². The number of aliphatic hydroxyl groups is 1. The minimum Gasteiger partial charge on any atom is -0.390 e. The van der Waals surface area contributed by atoms with Gasteiger partial charge >= 0.3 is 0 Å². The Kier molecular flexibility index (Phi) is 5.61. The van der Waals surface area contributed by atoms with E-state index in [1.54, 1.807) is 0 Å². The normalized spacial score (nSPS) is 15.2. The summed E-state index contributed by atoms with van der Waals surface area (Å²) in [5, 5.41) is 9.94. The highest BCUT2D eigenvalue weighted by Gasteiger charge is 2.18. The first kappa shape index (κ1) is 13.0. The standard InChI is InChI=1S/C11H17ClO2S/c1-3-10(14-4-2)9(13)7-8-5-6-11(12)15-8/h5-6,9-10,13H,3-4,7H2,1-2H3. The molecule has 0 amide bonds. The van der Waals surface area contributed by atoms with Crippen LogP contribution in [0.3, 0.4) is 0 Å². The second kappa shape index (κ2) is 6.48. The van der Waals surface area contributed by atoms with Crippen LogP contribution in [-0.2, 0) is 11.2 Å². The van der Waals surface area contributed by atoms with Gasteiger partial charge in [0, 0.05) is 17.9 Å². The van der Waals surface area contributed by atoms with Crippen molar-refractivity contribution in [1.82, 2.24) is 0 Å². The highest BCUT2D eigenvalue weighted by atomic mass is 35.5. The number of hydrogen-bond donors (Lipinski definition) is 1. The molecule has 1 aromatic rings. The average molecular weight is 249 g/mol. The number of aliphatic hydroxyl groups excluding tert-OH is 1. The van der Waals surface area contributed by atoms with E-state index < -0.39 is 6.10 Å². The van der Waals surface area contributed by atoms with Crippen molar-refractivity contribution in [1.29, 1.82) is 0 Å². The van der Waals surface area contributed by atoms with Crippen LogP contribution in [0.5, 0.6) is 0 Å². The summed E-state index contributed by atoms with van der Waals surface area (Å²) in [5.74, 6) is 0. The third-order valence-electron chi connectivity index (χ3n) is 2.25. The molecule has 2 nitrogen and oxygen atoms in total.